The van der Waals surface area contributed by atoms with Crippen LogP contribution in [0.4, 0.5) is 5.69 Å². The molecule has 0 spiro atoms. The maximum absolute atomic E-state index is 6.03. The molecule has 2 aromatic rings. The van der Waals surface area contributed by atoms with E-state index in [4.69, 9.17) is 10.5 Å². The number of nitrogens with zero attached hydrogens (tertiary/aromatic N) is 2. The van der Waals surface area contributed by atoms with E-state index >= 15 is 0 Å². The van der Waals surface area contributed by atoms with E-state index in [2.05, 4.69) is 26.3 Å². The van der Waals surface area contributed by atoms with Gasteiger partial charge in [-0.25, -0.2) is 0 Å². The topological polar surface area (TPSA) is 65.1 Å². The highest BCUT2D eigenvalue weighted by Crippen LogP contribution is 2.36. The number of halogens is 1. The van der Waals surface area contributed by atoms with Gasteiger partial charge in [0, 0.05) is 24.3 Å². The summed E-state index contributed by atoms with van der Waals surface area (Å²) in [6.07, 6.45) is 5.31. The van der Waals surface area contributed by atoms with Crippen LogP contribution in [0, 0.1) is 0 Å². The molecule has 118 valence electrons. The van der Waals surface area contributed by atoms with Crippen LogP contribution in [0.3, 0.4) is 0 Å². The first-order chi connectivity index (χ1) is 10.6. The first-order valence-corrected chi connectivity index (χ1v) is 8.38. The van der Waals surface area contributed by atoms with Gasteiger partial charge in [0.15, 0.2) is 0 Å². The smallest absolute Gasteiger partial charge is 0.128 e. The van der Waals surface area contributed by atoms with Crippen LogP contribution in [-0.2, 0) is 7.05 Å². The monoisotopic (exact) mass is 364 g/mol. The van der Waals surface area contributed by atoms with Crippen LogP contribution in [0.15, 0.2) is 28.9 Å². The summed E-state index contributed by atoms with van der Waals surface area (Å²) in [5.41, 5.74) is 8.60. The highest BCUT2D eigenvalue weighted by atomic mass is 79.9. The molecule has 0 aliphatic carbocycles. The molecule has 6 heteroatoms. The lowest BCUT2D eigenvalue weighted by Crippen LogP contribution is -2.23. The average Bonchev–Trinajstić information content (AvgIpc) is 3.11. The summed E-state index contributed by atoms with van der Waals surface area (Å²) in [6, 6.07) is 6.33. The van der Waals surface area contributed by atoms with Gasteiger partial charge in [-0.15, -0.1) is 0 Å². The lowest BCUT2D eigenvalue weighted by Gasteiger charge is -2.15. The van der Waals surface area contributed by atoms with Crippen molar-refractivity contribution in [1.82, 2.24) is 15.1 Å². The maximum atomic E-state index is 6.03. The Kier molecular flexibility index (Phi) is 4.69. The van der Waals surface area contributed by atoms with Gasteiger partial charge >= 0.3 is 0 Å². The van der Waals surface area contributed by atoms with E-state index in [-0.39, 0.29) is 0 Å². The zero-order valence-electron chi connectivity index (χ0n) is 12.7. The van der Waals surface area contributed by atoms with Crippen molar-refractivity contribution in [2.45, 2.75) is 25.3 Å². The molecule has 0 saturated carbocycles. The highest BCUT2D eigenvalue weighted by molar-refractivity contribution is 9.10. The van der Waals surface area contributed by atoms with Crippen LogP contribution in [0.25, 0.3) is 11.3 Å². The number of nitrogen functional groups attached to an aromatic ring is 1. The van der Waals surface area contributed by atoms with Crippen molar-refractivity contribution in [3.8, 4) is 17.0 Å². The highest BCUT2D eigenvalue weighted by Gasteiger charge is 2.17. The molecule has 1 aliphatic rings. The summed E-state index contributed by atoms with van der Waals surface area (Å²) >= 11 is 3.54. The minimum atomic E-state index is 0.584. The van der Waals surface area contributed by atoms with E-state index in [1.165, 1.54) is 12.8 Å². The summed E-state index contributed by atoms with van der Waals surface area (Å²) in [5.74, 6) is 0.844. The summed E-state index contributed by atoms with van der Waals surface area (Å²) in [7, 11) is 1.91. The van der Waals surface area contributed by atoms with Gasteiger partial charge in [-0.05, 0) is 59.9 Å². The van der Waals surface area contributed by atoms with Gasteiger partial charge in [0.1, 0.15) is 5.75 Å². The molecule has 0 bridgehead atoms. The maximum Gasteiger partial charge on any atom is 0.128 e. The Morgan fingerprint density at radius 3 is 3.05 bits per heavy atom. The van der Waals surface area contributed by atoms with Gasteiger partial charge in [-0.1, -0.05) is 0 Å². The number of benzene rings is 1. The molecule has 0 amide bonds. The molecule has 2 heterocycles. The first kappa shape index (κ1) is 15.4. The fourth-order valence-electron chi connectivity index (χ4n) is 2.89. The SMILES string of the molecule is Cn1ncc(Br)c1-c1cc(N)ccc1OCCC1CCCN1. The predicted octanol–water partition coefficient (Wildman–Crippen LogP) is 2.95. The Balaban J connectivity index is 1.79. The number of nitrogens with one attached hydrogen (secondary N) is 1. The molecule has 3 rings (SSSR count). The van der Waals surface area contributed by atoms with Crippen molar-refractivity contribution in [1.29, 1.82) is 0 Å². The lowest BCUT2D eigenvalue weighted by molar-refractivity contribution is 0.293. The molecule has 1 fully saturated rings. The molecule has 1 unspecified atom stereocenters. The van der Waals surface area contributed by atoms with Gasteiger partial charge in [0.05, 0.1) is 23.0 Å². The summed E-state index contributed by atoms with van der Waals surface area (Å²) in [5, 5.41) is 7.76. The Morgan fingerprint density at radius 2 is 2.36 bits per heavy atom. The summed E-state index contributed by atoms with van der Waals surface area (Å²) in [4.78, 5) is 0. The number of aromatic nitrogens is 2. The fraction of sp³-hybridized carbons (Fsp3) is 0.438. The minimum absolute atomic E-state index is 0.584. The second kappa shape index (κ2) is 6.71. The number of nitrogens with two attached hydrogens (primary N) is 1. The standard InChI is InChI=1S/C16H21BrN4O/c1-21-16(14(17)10-20-21)13-9-11(18)4-5-15(13)22-8-6-12-3-2-7-19-12/h4-5,9-10,12,19H,2-3,6-8,18H2,1H3. The molecule has 1 atom stereocenters. The van der Waals surface area contributed by atoms with E-state index in [1.54, 1.807) is 6.20 Å². The van der Waals surface area contributed by atoms with E-state index in [9.17, 15) is 0 Å². The van der Waals surface area contributed by atoms with Crippen molar-refractivity contribution in [2.24, 2.45) is 7.05 Å². The predicted molar refractivity (Wildman–Crippen MR) is 91.9 cm³/mol. The Morgan fingerprint density at radius 1 is 1.50 bits per heavy atom. The van der Waals surface area contributed by atoms with Gasteiger partial charge in [-0.3, -0.25) is 4.68 Å². The number of aryl methyl sites for hydroxylation is 1. The van der Waals surface area contributed by atoms with Crippen molar-refractivity contribution >= 4 is 21.6 Å². The van der Waals surface area contributed by atoms with Crippen LogP contribution in [0.1, 0.15) is 19.3 Å². The van der Waals surface area contributed by atoms with Gasteiger partial charge in [-0.2, -0.15) is 5.10 Å². The Bertz CT molecular complexity index is 630. The van der Waals surface area contributed by atoms with Crippen LogP contribution in [0.2, 0.25) is 0 Å². The van der Waals surface area contributed by atoms with Crippen LogP contribution >= 0.6 is 15.9 Å². The molecule has 1 aromatic heterocycles. The van der Waals surface area contributed by atoms with Crippen molar-refractivity contribution < 1.29 is 4.74 Å². The van der Waals surface area contributed by atoms with Crippen molar-refractivity contribution in [3.05, 3.63) is 28.9 Å². The number of anilines is 1. The van der Waals surface area contributed by atoms with E-state index < -0.39 is 0 Å². The zero-order valence-corrected chi connectivity index (χ0v) is 14.3. The van der Waals surface area contributed by atoms with Gasteiger partial charge < -0.3 is 15.8 Å². The molecular formula is C16H21BrN4O. The van der Waals surface area contributed by atoms with Gasteiger partial charge in [0.25, 0.3) is 0 Å². The second-order valence-electron chi connectivity index (χ2n) is 5.65. The van der Waals surface area contributed by atoms with Crippen LogP contribution in [-0.4, -0.2) is 29.0 Å². The number of hydrogen-bond donors (Lipinski definition) is 2. The van der Waals surface area contributed by atoms with E-state index in [0.717, 1.165) is 34.4 Å². The van der Waals surface area contributed by atoms with Crippen molar-refractivity contribution in [3.63, 3.8) is 0 Å². The first-order valence-electron chi connectivity index (χ1n) is 7.58. The third kappa shape index (κ3) is 3.28. The molecule has 3 N–H and O–H groups in total. The normalized spacial score (nSPS) is 17.8. The molecule has 1 aromatic carbocycles. The molecule has 1 aliphatic heterocycles. The molecule has 0 radical (unpaired) electrons. The lowest BCUT2D eigenvalue weighted by atomic mass is 10.1. The quantitative estimate of drug-likeness (QED) is 0.800. The number of rotatable bonds is 5. The Labute approximate surface area is 139 Å². The minimum Gasteiger partial charge on any atom is -0.493 e. The zero-order chi connectivity index (χ0) is 15.5. The summed E-state index contributed by atoms with van der Waals surface area (Å²) < 4.78 is 8.79. The van der Waals surface area contributed by atoms with E-state index in [0.29, 0.717) is 18.3 Å². The van der Waals surface area contributed by atoms with Gasteiger partial charge in [0.2, 0.25) is 0 Å². The van der Waals surface area contributed by atoms with Crippen LogP contribution in [0.5, 0.6) is 5.75 Å². The fourth-order valence-corrected chi connectivity index (χ4v) is 3.45. The van der Waals surface area contributed by atoms with E-state index in [1.807, 2.05) is 29.9 Å². The molecule has 1 saturated heterocycles. The third-order valence-corrected chi connectivity index (χ3v) is 4.62. The van der Waals surface area contributed by atoms with Crippen LogP contribution < -0.4 is 15.8 Å². The van der Waals surface area contributed by atoms with Crippen molar-refractivity contribution in [2.75, 3.05) is 18.9 Å². The average molecular weight is 365 g/mol. The molecular weight excluding hydrogens is 344 g/mol. The number of ether oxygens (including phenoxy) is 1. The summed E-state index contributed by atoms with van der Waals surface area (Å²) in [6.45, 7) is 1.82. The second-order valence-corrected chi connectivity index (χ2v) is 6.51. The largest absolute Gasteiger partial charge is 0.493 e. The third-order valence-electron chi connectivity index (χ3n) is 4.04. The molecule has 5 nitrogen and oxygen atoms in total. The number of hydrogen-bond acceptors (Lipinski definition) is 4. The Hall–Kier alpha value is -1.53. The molecule has 22 heavy (non-hydrogen) atoms.